The molecular formula is C21H29N7NaO17P3. The van der Waals surface area contributed by atoms with Crippen molar-refractivity contribution >= 4 is 46.1 Å². The number of ether oxygens (including phenoxy) is 2. The minimum Gasteiger partial charge on any atom is -0.756 e. The molecule has 0 spiro atoms. The maximum atomic E-state index is 12.4. The zero-order valence-corrected chi connectivity index (χ0v) is 29.6. The van der Waals surface area contributed by atoms with Crippen LogP contribution in [0.25, 0.3) is 11.2 Å². The van der Waals surface area contributed by atoms with Crippen LogP contribution in [0.5, 0.6) is 0 Å². The van der Waals surface area contributed by atoms with Crippen LogP contribution in [0.4, 0.5) is 5.82 Å². The second-order valence-electron chi connectivity index (χ2n) is 10.2. The Kier molecular flexibility index (Phi) is 13.4. The van der Waals surface area contributed by atoms with Gasteiger partial charge in [0.05, 0.1) is 19.5 Å². The zero-order chi connectivity index (χ0) is 34.5. The molecule has 266 valence electrons. The standard InChI is InChI=1S/C21H28N7O16P3.Na.H2O/c22-17-12-19(25-7-24-17)28(8-26-12)21-16(45(33,34)35)14(30)11(43-21)6-41-47(38,39)44-46(36,37)40-5-10-13(29)15(31)20(42-10)27-3-1-2-9(4-27)18(23)32;;/h1-4,7-8,10-11,13-16,20-21,29-31H,5-6H2,(H7-,22,23,24,25,32,33,34,35,36,37,38,39);;1H2/q;+1;/p-1/t10-,11-,13-,14-,15-,16-,20?,21-;;/m1../s1. The summed E-state index contributed by atoms with van der Waals surface area (Å²) in [4.78, 5) is 67.6. The van der Waals surface area contributed by atoms with Crippen LogP contribution in [0.15, 0.2) is 37.2 Å². The number of aliphatic hydroxyl groups is 3. The molecule has 0 bridgehead atoms. The monoisotopic (exact) mass is 767 g/mol. The maximum Gasteiger partial charge on any atom is 1.00 e. The first-order valence-electron chi connectivity index (χ1n) is 13.1. The molecule has 0 saturated carbocycles. The van der Waals surface area contributed by atoms with E-state index >= 15 is 0 Å². The van der Waals surface area contributed by atoms with E-state index in [2.05, 4.69) is 28.3 Å². The molecule has 1 amide bonds. The number of nitrogens with zero attached hydrogens (tertiary/aromatic N) is 5. The summed E-state index contributed by atoms with van der Waals surface area (Å²) < 4.78 is 63.2. The number of carbonyl (C=O) groups excluding carboxylic acids is 1. The van der Waals surface area contributed by atoms with Crippen molar-refractivity contribution in [3.63, 3.8) is 0 Å². The summed E-state index contributed by atoms with van der Waals surface area (Å²) in [5, 5.41) is 31.4. The van der Waals surface area contributed by atoms with Crippen molar-refractivity contribution in [1.29, 1.82) is 0 Å². The molecule has 3 aromatic rings. The third kappa shape index (κ3) is 9.15. The summed E-state index contributed by atoms with van der Waals surface area (Å²) in [6, 6.07) is 2.76. The fourth-order valence-electron chi connectivity index (χ4n) is 4.93. The van der Waals surface area contributed by atoms with Crippen molar-refractivity contribution in [1.82, 2.24) is 19.5 Å². The van der Waals surface area contributed by atoms with Gasteiger partial charge in [-0.25, -0.2) is 19.3 Å². The van der Waals surface area contributed by atoms with Gasteiger partial charge in [-0.2, -0.15) is 4.57 Å². The quantitative estimate of drug-likeness (QED) is 0.0511. The van der Waals surface area contributed by atoms with Crippen LogP contribution in [0.3, 0.4) is 0 Å². The number of phosphoric ester groups is 2. The second kappa shape index (κ2) is 15.8. The van der Waals surface area contributed by atoms with Crippen LogP contribution in [0.1, 0.15) is 22.8 Å². The molecule has 11 N–H and O–H groups in total. The number of aromatic nitrogens is 5. The van der Waals surface area contributed by atoms with E-state index in [1.807, 2.05) is 0 Å². The normalized spacial score (nSPS) is 29.4. The van der Waals surface area contributed by atoms with Crippen molar-refractivity contribution in [3.05, 3.63) is 42.7 Å². The number of pyridine rings is 1. The average Bonchev–Trinajstić information content (AvgIpc) is 3.64. The molecule has 2 fully saturated rings. The van der Waals surface area contributed by atoms with Crippen LogP contribution in [0, 0.1) is 0 Å². The Morgan fingerprint density at radius 2 is 1.61 bits per heavy atom. The number of carbonyl (C=O) groups is 1. The largest absolute Gasteiger partial charge is 1.00 e. The van der Waals surface area contributed by atoms with Gasteiger partial charge in [0.15, 0.2) is 36.2 Å². The number of hydrogen-bond donors (Lipinski definition) is 7. The van der Waals surface area contributed by atoms with E-state index in [0.29, 0.717) is 0 Å². The van der Waals surface area contributed by atoms with Gasteiger partial charge in [-0.05, 0) is 6.07 Å². The molecule has 5 heterocycles. The SMILES string of the molecule is NC(=O)c1ccc[n+](C2O[C@H](COP(=O)([O-])OP(=O)([O-])OC[C@H]3O[C@@H](n4cnc5c(N)ncnc54)[C@H](P(=O)(O)O)[C@@H]3O)[C@@H](O)[C@H]2O)c1.O.[Na+]. The fourth-order valence-corrected chi connectivity index (χ4v) is 8.08. The number of rotatable bonds is 12. The van der Waals surface area contributed by atoms with Crippen LogP contribution in [-0.2, 0) is 36.5 Å². The Balaban J connectivity index is 0.00000325. The molecule has 28 heteroatoms. The Morgan fingerprint density at radius 1 is 1.00 bits per heavy atom. The Labute approximate surface area is 296 Å². The predicted molar refractivity (Wildman–Crippen MR) is 148 cm³/mol. The van der Waals surface area contributed by atoms with Gasteiger partial charge in [0.2, 0.25) is 0 Å². The summed E-state index contributed by atoms with van der Waals surface area (Å²) in [7, 11) is -16.8. The summed E-state index contributed by atoms with van der Waals surface area (Å²) in [6.45, 7) is -2.23. The Bertz CT molecular complexity index is 1800. The average molecular weight is 767 g/mol. The fraction of sp³-hybridized carbons (Fsp3) is 0.476. The number of nitrogens with two attached hydrogens (primary N) is 2. The molecule has 0 aliphatic carbocycles. The molecule has 3 unspecified atom stereocenters. The number of anilines is 1. The minimum atomic E-state index is -5.84. The van der Waals surface area contributed by atoms with Gasteiger partial charge in [-0.15, -0.1) is 0 Å². The van der Waals surface area contributed by atoms with E-state index in [4.69, 9.17) is 20.9 Å². The van der Waals surface area contributed by atoms with Crippen LogP contribution in [0.2, 0.25) is 0 Å². The summed E-state index contributed by atoms with van der Waals surface area (Å²) in [6.07, 6.45) is -7.12. The Morgan fingerprint density at radius 3 is 2.20 bits per heavy atom. The van der Waals surface area contributed by atoms with E-state index in [1.165, 1.54) is 29.1 Å². The molecule has 5 rings (SSSR count). The van der Waals surface area contributed by atoms with Crippen LogP contribution in [-0.4, -0.2) is 105 Å². The van der Waals surface area contributed by atoms with Crippen LogP contribution < -0.4 is 55.4 Å². The third-order valence-electron chi connectivity index (χ3n) is 7.12. The van der Waals surface area contributed by atoms with E-state index in [9.17, 15) is 53.4 Å². The molecule has 3 aromatic heterocycles. The smallest absolute Gasteiger partial charge is 0.756 e. The van der Waals surface area contributed by atoms with E-state index in [-0.39, 0.29) is 57.6 Å². The topological polar surface area (TPSA) is 393 Å². The summed E-state index contributed by atoms with van der Waals surface area (Å²) in [5.41, 5.74) is 9.00. The number of hydrogen-bond acceptors (Lipinski definition) is 18. The van der Waals surface area contributed by atoms with Crippen molar-refractivity contribution < 1.29 is 116 Å². The molecule has 49 heavy (non-hydrogen) atoms. The van der Waals surface area contributed by atoms with Crippen LogP contribution >= 0.6 is 23.2 Å². The number of imidazole rings is 1. The number of nitrogen functional groups attached to an aromatic ring is 1. The number of primary amides is 1. The number of phosphoric acid groups is 2. The van der Waals surface area contributed by atoms with Gasteiger partial charge in [-0.1, -0.05) is 0 Å². The van der Waals surface area contributed by atoms with Gasteiger partial charge in [-0.3, -0.25) is 23.1 Å². The molecule has 0 aromatic carbocycles. The van der Waals surface area contributed by atoms with Gasteiger partial charge in [0.25, 0.3) is 27.8 Å². The number of aliphatic hydroxyl groups excluding tert-OH is 3. The second-order valence-corrected chi connectivity index (χ2v) is 15.0. The molecule has 10 atom stereocenters. The van der Waals surface area contributed by atoms with Gasteiger partial charge < -0.3 is 70.4 Å². The van der Waals surface area contributed by atoms with Crippen molar-refractivity contribution in [2.45, 2.75) is 48.6 Å². The van der Waals surface area contributed by atoms with Crippen molar-refractivity contribution in [2.24, 2.45) is 5.73 Å². The molecule has 2 saturated heterocycles. The van der Waals surface area contributed by atoms with Gasteiger partial charge >= 0.3 is 37.2 Å². The summed E-state index contributed by atoms with van der Waals surface area (Å²) >= 11 is 0. The number of fused-ring (bicyclic) bond motifs is 1. The number of amides is 1. The third-order valence-corrected chi connectivity index (χ3v) is 11.0. The summed E-state index contributed by atoms with van der Waals surface area (Å²) in [5.74, 6) is -0.878. The van der Waals surface area contributed by atoms with E-state index in [0.717, 1.165) is 17.2 Å². The first-order chi connectivity index (χ1) is 21.9. The predicted octanol–water partition coefficient (Wildman–Crippen LogP) is -7.92. The van der Waals surface area contributed by atoms with E-state index in [1.54, 1.807) is 0 Å². The molecule has 2 aliphatic heterocycles. The maximum absolute atomic E-state index is 12.4. The minimum absolute atomic E-state index is 0. The zero-order valence-electron chi connectivity index (χ0n) is 25.0. The first kappa shape index (κ1) is 41.6. The Hall–Kier alpha value is -1.86. The van der Waals surface area contributed by atoms with Crippen molar-refractivity contribution in [2.75, 3.05) is 18.9 Å². The van der Waals surface area contributed by atoms with Crippen molar-refractivity contribution in [3.8, 4) is 0 Å². The molecular weight excluding hydrogens is 738 g/mol. The van der Waals surface area contributed by atoms with E-state index < -0.39 is 91.0 Å². The molecule has 24 nitrogen and oxygen atoms in total. The molecule has 0 radical (unpaired) electrons. The first-order valence-corrected chi connectivity index (χ1v) is 17.8. The molecule has 2 aliphatic rings. The van der Waals surface area contributed by atoms with Gasteiger partial charge in [0, 0.05) is 6.07 Å². The van der Waals surface area contributed by atoms with Gasteiger partial charge in [0.1, 0.15) is 47.5 Å².